The van der Waals surface area contributed by atoms with Crippen LogP contribution in [0.5, 0.6) is 0 Å². The van der Waals surface area contributed by atoms with Gasteiger partial charge >= 0.3 is 0 Å². The minimum absolute atomic E-state index is 0.0990. The number of hydrogen-bond acceptors (Lipinski definition) is 6. The molecule has 0 bridgehead atoms. The lowest BCUT2D eigenvalue weighted by Crippen LogP contribution is -2.70. The number of nitrogens with two attached hydrogens (primary N) is 1. The number of rotatable bonds is 2. The molecule has 1 aromatic rings. The summed E-state index contributed by atoms with van der Waals surface area (Å²) in [4.78, 5) is 17.7. The van der Waals surface area contributed by atoms with Crippen molar-refractivity contribution in [3.8, 4) is 0 Å². The molecule has 1 spiro atoms. The monoisotopic (exact) mass is 466 g/mol. The number of hydrazine groups is 1. The fraction of sp³-hybridized carbons (Fsp3) is 0.682. The molecule has 1 aliphatic carbocycles. The van der Waals surface area contributed by atoms with E-state index in [9.17, 15) is 4.79 Å². The molecule has 9 heteroatoms. The molecule has 5 N–H and O–H groups in total. The Kier molecular flexibility index (Phi) is 5.97. The SMILES string of the molecule is CN1C(=O)C2C(NNC2c2cccc(Cl)c2Cl)NC1N1CCC2(CCCCC2N)CC1. The molecule has 0 aromatic heterocycles. The molecule has 7 nitrogen and oxygen atoms in total. The lowest BCUT2D eigenvalue weighted by Gasteiger charge is -2.52. The maximum atomic E-state index is 13.5. The Morgan fingerprint density at radius 2 is 1.90 bits per heavy atom. The van der Waals surface area contributed by atoms with Crippen LogP contribution in [0, 0.1) is 11.3 Å². The van der Waals surface area contributed by atoms with E-state index < -0.39 is 0 Å². The Morgan fingerprint density at radius 3 is 2.65 bits per heavy atom. The van der Waals surface area contributed by atoms with Crippen LogP contribution in [0.4, 0.5) is 0 Å². The first-order chi connectivity index (χ1) is 14.9. The molecular weight excluding hydrogens is 435 g/mol. The van der Waals surface area contributed by atoms with Crippen molar-refractivity contribution in [1.29, 1.82) is 0 Å². The van der Waals surface area contributed by atoms with Crippen LogP contribution in [-0.4, -0.2) is 54.3 Å². The summed E-state index contributed by atoms with van der Waals surface area (Å²) < 4.78 is 0. The highest BCUT2D eigenvalue weighted by Gasteiger charge is 2.51. The molecular formula is C22H32Cl2N6O. The van der Waals surface area contributed by atoms with Gasteiger partial charge in [-0.3, -0.25) is 15.0 Å². The summed E-state index contributed by atoms with van der Waals surface area (Å²) in [6, 6.07) is 5.62. The average molecular weight is 467 g/mol. The number of halogens is 2. The molecule has 4 aliphatic rings. The van der Waals surface area contributed by atoms with Crippen LogP contribution >= 0.6 is 23.2 Å². The van der Waals surface area contributed by atoms with Gasteiger partial charge in [-0.05, 0) is 42.7 Å². The van der Waals surface area contributed by atoms with E-state index in [-0.39, 0.29) is 35.7 Å². The van der Waals surface area contributed by atoms with Crippen molar-refractivity contribution in [1.82, 2.24) is 26.0 Å². The fourth-order valence-electron chi connectivity index (χ4n) is 6.16. The zero-order chi connectivity index (χ0) is 21.8. The minimum Gasteiger partial charge on any atom is -0.327 e. The Balaban J connectivity index is 1.30. The molecule has 1 amide bonds. The third-order valence-corrected chi connectivity index (χ3v) is 8.96. The van der Waals surface area contributed by atoms with Crippen LogP contribution in [0.1, 0.15) is 50.1 Å². The molecule has 5 atom stereocenters. The van der Waals surface area contributed by atoms with E-state index in [2.05, 4.69) is 21.1 Å². The van der Waals surface area contributed by atoms with Gasteiger partial charge in [-0.1, -0.05) is 48.2 Å². The van der Waals surface area contributed by atoms with Crippen LogP contribution in [-0.2, 0) is 4.79 Å². The Bertz CT molecular complexity index is 845. The number of amides is 1. The van der Waals surface area contributed by atoms with Gasteiger partial charge in [0.05, 0.1) is 28.2 Å². The summed E-state index contributed by atoms with van der Waals surface area (Å²) in [5.74, 6) is -0.206. The van der Waals surface area contributed by atoms with Gasteiger partial charge in [-0.2, -0.15) is 0 Å². The predicted molar refractivity (Wildman–Crippen MR) is 122 cm³/mol. The highest BCUT2D eigenvalue weighted by molar-refractivity contribution is 6.42. The maximum absolute atomic E-state index is 13.5. The third-order valence-electron chi connectivity index (χ3n) is 8.12. The van der Waals surface area contributed by atoms with Crippen LogP contribution in [0.2, 0.25) is 10.0 Å². The molecule has 170 valence electrons. The van der Waals surface area contributed by atoms with E-state index in [0.717, 1.165) is 37.9 Å². The second kappa shape index (κ2) is 8.45. The molecule has 3 heterocycles. The summed E-state index contributed by atoms with van der Waals surface area (Å²) in [6.45, 7) is 1.91. The molecule has 3 aliphatic heterocycles. The topological polar surface area (TPSA) is 85.7 Å². The lowest BCUT2D eigenvalue weighted by atomic mass is 9.65. The maximum Gasteiger partial charge on any atom is 0.232 e. The van der Waals surface area contributed by atoms with Crippen molar-refractivity contribution in [2.24, 2.45) is 17.1 Å². The predicted octanol–water partition coefficient (Wildman–Crippen LogP) is 2.41. The number of likely N-dealkylation sites (tertiary alicyclic amines) is 1. The summed E-state index contributed by atoms with van der Waals surface area (Å²) in [6.07, 6.45) is 6.84. The number of carbonyl (C=O) groups is 1. The van der Waals surface area contributed by atoms with Gasteiger partial charge in [0.15, 0.2) is 0 Å². The zero-order valence-corrected chi connectivity index (χ0v) is 19.4. The molecule has 0 radical (unpaired) electrons. The van der Waals surface area contributed by atoms with Crippen molar-refractivity contribution in [3.05, 3.63) is 33.8 Å². The number of carbonyl (C=O) groups excluding carboxylic acids is 1. The van der Waals surface area contributed by atoms with Crippen LogP contribution in [0.15, 0.2) is 18.2 Å². The normalized spacial score (nSPS) is 36.1. The van der Waals surface area contributed by atoms with Crippen LogP contribution in [0.25, 0.3) is 0 Å². The molecule has 5 unspecified atom stereocenters. The van der Waals surface area contributed by atoms with Crippen molar-refractivity contribution < 1.29 is 4.79 Å². The first-order valence-electron chi connectivity index (χ1n) is 11.4. The van der Waals surface area contributed by atoms with E-state index in [1.165, 1.54) is 19.3 Å². The zero-order valence-electron chi connectivity index (χ0n) is 17.9. The van der Waals surface area contributed by atoms with Gasteiger partial charge in [0.1, 0.15) is 6.29 Å². The highest BCUT2D eigenvalue weighted by atomic mass is 35.5. The summed E-state index contributed by atoms with van der Waals surface area (Å²) in [5.41, 5.74) is 14.2. The number of nitrogens with zero attached hydrogens (tertiary/aromatic N) is 2. The fourth-order valence-corrected chi connectivity index (χ4v) is 6.59. The first kappa shape index (κ1) is 21.9. The second-order valence-corrected chi connectivity index (χ2v) is 10.4. The second-order valence-electron chi connectivity index (χ2n) is 9.65. The Labute approximate surface area is 193 Å². The summed E-state index contributed by atoms with van der Waals surface area (Å²) >= 11 is 12.7. The van der Waals surface area contributed by atoms with E-state index in [1.807, 2.05) is 24.1 Å². The number of piperidine rings is 1. The molecule has 3 saturated heterocycles. The Morgan fingerprint density at radius 1 is 1.13 bits per heavy atom. The van der Waals surface area contributed by atoms with E-state index in [0.29, 0.717) is 16.1 Å². The quantitative estimate of drug-likeness (QED) is 0.535. The third kappa shape index (κ3) is 3.68. The van der Waals surface area contributed by atoms with Gasteiger partial charge < -0.3 is 10.6 Å². The molecule has 1 saturated carbocycles. The van der Waals surface area contributed by atoms with E-state index in [4.69, 9.17) is 28.9 Å². The van der Waals surface area contributed by atoms with E-state index >= 15 is 0 Å². The average Bonchev–Trinajstić information content (AvgIpc) is 3.19. The standard InChI is InChI=1S/C22H32Cl2N6O/c1-29-20(31)16-18(13-5-4-6-14(23)17(13)24)27-28-19(16)26-21(29)30-11-9-22(10-12-30)8-3-2-7-15(22)25/h4-6,15-16,18-19,21,26-28H,2-3,7-12,25H2,1H3. The van der Waals surface area contributed by atoms with Crippen molar-refractivity contribution in [2.45, 2.75) is 63.1 Å². The van der Waals surface area contributed by atoms with Crippen LogP contribution in [0.3, 0.4) is 0 Å². The summed E-state index contributed by atoms with van der Waals surface area (Å²) in [7, 11) is 1.89. The minimum atomic E-state index is -0.305. The smallest absolute Gasteiger partial charge is 0.232 e. The summed E-state index contributed by atoms with van der Waals surface area (Å²) in [5, 5.41) is 4.64. The lowest BCUT2D eigenvalue weighted by molar-refractivity contribution is -0.152. The van der Waals surface area contributed by atoms with Crippen LogP contribution < -0.4 is 21.9 Å². The van der Waals surface area contributed by atoms with Gasteiger partial charge in [-0.25, -0.2) is 10.9 Å². The Hall–Kier alpha value is -0.930. The van der Waals surface area contributed by atoms with Gasteiger partial charge in [-0.15, -0.1) is 0 Å². The molecule has 4 fully saturated rings. The highest BCUT2D eigenvalue weighted by Crippen LogP contribution is 2.45. The van der Waals surface area contributed by atoms with E-state index in [1.54, 1.807) is 6.07 Å². The van der Waals surface area contributed by atoms with Crippen molar-refractivity contribution in [3.63, 3.8) is 0 Å². The number of benzene rings is 1. The number of nitrogens with one attached hydrogen (secondary N) is 3. The first-order valence-corrected chi connectivity index (χ1v) is 12.1. The van der Waals surface area contributed by atoms with Gasteiger partial charge in [0, 0.05) is 26.2 Å². The largest absolute Gasteiger partial charge is 0.327 e. The molecule has 31 heavy (non-hydrogen) atoms. The number of hydrogen-bond donors (Lipinski definition) is 4. The molecule has 5 rings (SSSR count). The van der Waals surface area contributed by atoms with Gasteiger partial charge in [0.25, 0.3) is 0 Å². The number of fused-ring (bicyclic) bond motifs is 1. The van der Waals surface area contributed by atoms with Crippen molar-refractivity contribution in [2.75, 3.05) is 20.1 Å². The van der Waals surface area contributed by atoms with Crippen molar-refractivity contribution >= 4 is 29.1 Å². The van der Waals surface area contributed by atoms with Gasteiger partial charge in [0.2, 0.25) is 5.91 Å². The molecule has 1 aromatic carbocycles.